The quantitative estimate of drug-likeness (QED) is 0.659. The Bertz CT molecular complexity index is 669. The molecule has 0 aliphatic carbocycles. The lowest BCUT2D eigenvalue weighted by molar-refractivity contribution is 0.0955. The summed E-state index contributed by atoms with van der Waals surface area (Å²) in [5, 5.41) is 13.2. The van der Waals surface area contributed by atoms with Crippen LogP contribution in [0.2, 0.25) is 0 Å². The number of methoxy groups -OCH3 is 1. The summed E-state index contributed by atoms with van der Waals surface area (Å²) < 4.78 is 6.01. The van der Waals surface area contributed by atoms with E-state index in [9.17, 15) is 9.90 Å². The molecule has 0 atom stereocenters. The first-order valence-corrected chi connectivity index (χ1v) is 6.85. The Hall–Kier alpha value is -2.34. The summed E-state index contributed by atoms with van der Waals surface area (Å²) in [7, 11) is 1.49. The summed E-state index contributed by atoms with van der Waals surface area (Å²) in [5.74, 6) is 0.260. The molecule has 2 aromatic carbocycles. The third-order valence-corrected chi connectivity index (χ3v) is 3.22. The normalized spacial score (nSPS) is 10.6. The van der Waals surface area contributed by atoms with Gasteiger partial charge in [0.15, 0.2) is 0 Å². The number of aromatic hydroxyl groups is 1. The fourth-order valence-electron chi connectivity index (χ4n) is 1.63. The number of nitrogens with zero attached hydrogens (tertiary/aromatic N) is 1. The first-order valence-electron chi connectivity index (χ1n) is 6.06. The number of hydrazone groups is 1. The van der Waals surface area contributed by atoms with Crippen molar-refractivity contribution in [2.24, 2.45) is 5.10 Å². The van der Waals surface area contributed by atoms with Gasteiger partial charge in [0.25, 0.3) is 5.91 Å². The molecule has 0 aliphatic rings. The molecule has 0 fully saturated rings. The summed E-state index contributed by atoms with van der Waals surface area (Å²) in [4.78, 5) is 11.8. The van der Waals surface area contributed by atoms with Crippen molar-refractivity contribution in [3.63, 3.8) is 0 Å². The minimum atomic E-state index is -0.309. The van der Waals surface area contributed by atoms with Crippen molar-refractivity contribution in [2.45, 2.75) is 0 Å². The number of rotatable bonds is 4. The number of phenols is 1. The zero-order valence-electron chi connectivity index (χ0n) is 11.2. The average molecular weight is 349 g/mol. The van der Waals surface area contributed by atoms with Crippen LogP contribution in [-0.4, -0.2) is 24.3 Å². The second-order valence-electron chi connectivity index (χ2n) is 4.13. The van der Waals surface area contributed by atoms with Gasteiger partial charge in [-0.3, -0.25) is 4.79 Å². The lowest BCUT2D eigenvalue weighted by Crippen LogP contribution is -2.17. The number of ether oxygens (including phenoxy) is 1. The largest absolute Gasteiger partial charge is 0.508 e. The van der Waals surface area contributed by atoms with E-state index in [1.165, 1.54) is 25.5 Å². The zero-order chi connectivity index (χ0) is 15.2. The van der Waals surface area contributed by atoms with Gasteiger partial charge in [-0.15, -0.1) is 0 Å². The third-order valence-electron chi connectivity index (χ3n) is 2.69. The molecule has 0 radical (unpaired) electrons. The second kappa shape index (κ2) is 6.90. The Balaban J connectivity index is 2.05. The predicted octanol–water partition coefficient (Wildman–Crippen LogP) is 2.93. The highest BCUT2D eigenvalue weighted by Gasteiger charge is 2.04. The lowest BCUT2D eigenvalue weighted by Gasteiger charge is -2.04. The van der Waals surface area contributed by atoms with Gasteiger partial charge in [-0.1, -0.05) is 15.9 Å². The van der Waals surface area contributed by atoms with Gasteiger partial charge in [0.1, 0.15) is 11.5 Å². The molecule has 1 amide bonds. The molecule has 21 heavy (non-hydrogen) atoms. The molecule has 0 bridgehead atoms. The van der Waals surface area contributed by atoms with E-state index in [1.54, 1.807) is 30.3 Å². The fraction of sp³-hybridized carbons (Fsp3) is 0.0667. The van der Waals surface area contributed by atoms with E-state index in [0.717, 1.165) is 4.47 Å². The molecule has 5 nitrogen and oxygen atoms in total. The Morgan fingerprint density at radius 2 is 2.00 bits per heavy atom. The minimum Gasteiger partial charge on any atom is -0.508 e. The molecule has 108 valence electrons. The van der Waals surface area contributed by atoms with Crippen LogP contribution in [0, 0.1) is 0 Å². The Labute approximate surface area is 130 Å². The van der Waals surface area contributed by atoms with E-state index < -0.39 is 0 Å². The van der Waals surface area contributed by atoms with Gasteiger partial charge in [-0.05, 0) is 36.4 Å². The number of carbonyl (C=O) groups is 1. The number of phenolic OH excluding ortho intramolecular Hbond substituents is 1. The van der Waals surface area contributed by atoms with E-state index in [0.29, 0.717) is 16.9 Å². The van der Waals surface area contributed by atoms with E-state index in [4.69, 9.17) is 4.74 Å². The van der Waals surface area contributed by atoms with Crippen LogP contribution < -0.4 is 10.2 Å². The standard InChI is InChI=1S/C15H13BrN2O3/c1-21-14-8-13(19)7-4-11(14)9-17-18-15(20)10-2-5-12(16)6-3-10/h2-9,19H,1H3,(H,18,20)/b17-9-. The zero-order valence-corrected chi connectivity index (χ0v) is 12.8. The van der Waals surface area contributed by atoms with Crippen molar-refractivity contribution in [3.8, 4) is 11.5 Å². The maximum atomic E-state index is 11.8. The van der Waals surface area contributed by atoms with Crippen molar-refractivity contribution < 1.29 is 14.6 Å². The molecule has 0 spiro atoms. The van der Waals surface area contributed by atoms with Crippen LogP contribution in [-0.2, 0) is 0 Å². The highest BCUT2D eigenvalue weighted by Crippen LogP contribution is 2.22. The van der Waals surface area contributed by atoms with E-state index in [-0.39, 0.29) is 11.7 Å². The van der Waals surface area contributed by atoms with Crippen LogP contribution in [0.25, 0.3) is 0 Å². The van der Waals surface area contributed by atoms with Crippen LogP contribution in [0.5, 0.6) is 11.5 Å². The summed E-state index contributed by atoms with van der Waals surface area (Å²) in [5.41, 5.74) is 3.58. The Morgan fingerprint density at radius 1 is 1.29 bits per heavy atom. The molecular weight excluding hydrogens is 336 g/mol. The van der Waals surface area contributed by atoms with Crippen LogP contribution >= 0.6 is 15.9 Å². The van der Waals surface area contributed by atoms with Crippen LogP contribution in [0.3, 0.4) is 0 Å². The van der Waals surface area contributed by atoms with Gasteiger partial charge < -0.3 is 9.84 Å². The average Bonchev–Trinajstić information content (AvgIpc) is 2.49. The van der Waals surface area contributed by atoms with Gasteiger partial charge in [0.05, 0.1) is 13.3 Å². The molecule has 2 N–H and O–H groups in total. The number of hydrogen-bond donors (Lipinski definition) is 2. The molecule has 0 saturated heterocycles. The van der Waals surface area contributed by atoms with E-state index in [2.05, 4.69) is 26.5 Å². The fourth-order valence-corrected chi connectivity index (χ4v) is 1.90. The van der Waals surface area contributed by atoms with Crippen LogP contribution in [0.15, 0.2) is 52.0 Å². The Morgan fingerprint density at radius 3 is 2.67 bits per heavy atom. The van der Waals surface area contributed by atoms with E-state index >= 15 is 0 Å². The third kappa shape index (κ3) is 4.06. The number of amides is 1. The van der Waals surface area contributed by atoms with Gasteiger partial charge >= 0.3 is 0 Å². The van der Waals surface area contributed by atoms with Crippen LogP contribution in [0.4, 0.5) is 0 Å². The summed E-state index contributed by atoms with van der Waals surface area (Å²) in [6, 6.07) is 11.6. The molecule has 0 saturated carbocycles. The molecule has 0 unspecified atom stereocenters. The van der Waals surface area contributed by atoms with E-state index in [1.807, 2.05) is 0 Å². The van der Waals surface area contributed by atoms with Crippen molar-refractivity contribution in [2.75, 3.05) is 7.11 Å². The number of benzene rings is 2. The van der Waals surface area contributed by atoms with Gasteiger partial charge in [0, 0.05) is 21.7 Å². The monoisotopic (exact) mass is 348 g/mol. The molecule has 0 heterocycles. The first kappa shape index (κ1) is 15.1. The first-order chi connectivity index (χ1) is 10.1. The highest BCUT2D eigenvalue weighted by atomic mass is 79.9. The molecule has 2 rings (SSSR count). The van der Waals surface area contributed by atoms with Gasteiger partial charge in [-0.2, -0.15) is 5.10 Å². The van der Waals surface area contributed by atoms with Crippen molar-refractivity contribution in [1.29, 1.82) is 0 Å². The summed E-state index contributed by atoms with van der Waals surface area (Å²) in [6.07, 6.45) is 1.45. The maximum absolute atomic E-state index is 11.8. The summed E-state index contributed by atoms with van der Waals surface area (Å²) >= 11 is 3.30. The molecule has 6 heteroatoms. The molecule has 2 aromatic rings. The number of hydrogen-bond acceptors (Lipinski definition) is 4. The number of nitrogens with one attached hydrogen (secondary N) is 1. The molecular formula is C15H13BrN2O3. The smallest absolute Gasteiger partial charge is 0.271 e. The van der Waals surface area contributed by atoms with Crippen molar-refractivity contribution >= 4 is 28.1 Å². The molecule has 0 aliphatic heterocycles. The second-order valence-corrected chi connectivity index (χ2v) is 5.05. The SMILES string of the molecule is COc1cc(O)ccc1/C=N\NC(=O)c1ccc(Br)cc1. The topological polar surface area (TPSA) is 70.9 Å². The number of carbonyl (C=O) groups excluding carboxylic acids is 1. The Kier molecular flexibility index (Phi) is 4.94. The lowest BCUT2D eigenvalue weighted by atomic mass is 10.2. The van der Waals surface area contributed by atoms with Crippen molar-refractivity contribution in [1.82, 2.24) is 5.43 Å². The summed E-state index contributed by atoms with van der Waals surface area (Å²) in [6.45, 7) is 0. The van der Waals surface area contributed by atoms with Crippen LogP contribution in [0.1, 0.15) is 15.9 Å². The van der Waals surface area contributed by atoms with Gasteiger partial charge in [-0.25, -0.2) is 5.43 Å². The molecule has 0 aromatic heterocycles. The van der Waals surface area contributed by atoms with Gasteiger partial charge in [0.2, 0.25) is 0 Å². The van der Waals surface area contributed by atoms with Crippen molar-refractivity contribution in [3.05, 3.63) is 58.1 Å². The minimum absolute atomic E-state index is 0.0999. The predicted molar refractivity (Wildman–Crippen MR) is 83.9 cm³/mol. The highest BCUT2D eigenvalue weighted by molar-refractivity contribution is 9.10. The number of halogens is 1. The maximum Gasteiger partial charge on any atom is 0.271 e.